The van der Waals surface area contributed by atoms with E-state index < -0.39 is 11.9 Å². The number of hydrogen-bond donors (Lipinski definition) is 1. The summed E-state index contributed by atoms with van der Waals surface area (Å²) in [5, 5.41) is 9.06. The van der Waals surface area contributed by atoms with Crippen LogP contribution >= 0.6 is 23.5 Å². The number of carboxylic acid groups (broad SMARTS) is 1. The van der Waals surface area contributed by atoms with Gasteiger partial charge in [0.15, 0.2) is 0 Å². The van der Waals surface area contributed by atoms with Crippen molar-refractivity contribution in [2.45, 2.75) is 152 Å². The van der Waals surface area contributed by atoms with Crippen LogP contribution in [0.5, 0.6) is 5.75 Å². The van der Waals surface area contributed by atoms with Crippen molar-refractivity contribution in [3.63, 3.8) is 0 Å². The first-order chi connectivity index (χ1) is 18.9. The van der Waals surface area contributed by atoms with E-state index in [4.69, 9.17) is 9.84 Å². The van der Waals surface area contributed by atoms with Crippen LogP contribution in [0.3, 0.4) is 0 Å². The second-order valence-corrected chi connectivity index (χ2v) is 19.2. The summed E-state index contributed by atoms with van der Waals surface area (Å²) in [5.41, 5.74) is 4.17. The molecule has 0 bridgehead atoms. The standard InChI is InChI=1S/C36H54O4S2/c1-15-35(11,12)24-18-23(32(2,3)4)19-25(20-24)41-36(13,14)42-26-21-27(33(5,6)7)31(28(22-26)34(8,9)10)40-30(39)17-16-29(37)38/h18-22H,15-17H2,1-14H3,(H,37,38). The van der Waals surface area contributed by atoms with Crippen LogP contribution in [-0.2, 0) is 31.2 Å². The maximum absolute atomic E-state index is 12.7. The van der Waals surface area contributed by atoms with Gasteiger partial charge in [0.25, 0.3) is 0 Å². The van der Waals surface area contributed by atoms with Crippen LogP contribution in [0.1, 0.15) is 138 Å². The molecule has 0 aliphatic heterocycles. The number of thioether (sulfide) groups is 2. The molecule has 0 atom stereocenters. The Labute approximate surface area is 264 Å². The first-order valence-corrected chi connectivity index (χ1v) is 16.6. The number of hydrogen-bond acceptors (Lipinski definition) is 5. The maximum atomic E-state index is 12.7. The van der Waals surface area contributed by atoms with Gasteiger partial charge in [-0.3, -0.25) is 9.59 Å². The normalized spacial score (nSPS) is 13.3. The molecule has 0 saturated carbocycles. The third-order valence-electron chi connectivity index (χ3n) is 7.60. The van der Waals surface area contributed by atoms with Crippen molar-refractivity contribution in [2.75, 3.05) is 0 Å². The van der Waals surface area contributed by atoms with E-state index in [1.54, 1.807) is 0 Å². The highest BCUT2D eigenvalue weighted by Crippen LogP contribution is 2.50. The molecule has 0 saturated heterocycles. The molecule has 4 nitrogen and oxygen atoms in total. The molecule has 2 rings (SSSR count). The van der Waals surface area contributed by atoms with Gasteiger partial charge < -0.3 is 9.84 Å². The zero-order valence-electron chi connectivity index (χ0n) is 28.5. The highest BCUT2D eigenvalue weighted by Gasteiger charge is 2.32. The molecule has 0 aromatic heterocycles. The average molecular weight is 615 g/mol. The fraction of sp³-hybridized carbons (Fsp3) is 0.611. The molecule has 1 N–H and O–H groups in total. The van der Waals surface area contributed by atoms with Crippen molar-refractivity contribution >= 4 is 35.5 Å². The number of aliphatic carboxylic acids is 1. The highest BCUT2D eigenvalue weighted by molar-refractivity contribution is 8.18. The number of ether oxygens (including phenoxy) is 1. The third kappa shape index (κ3) is 10.1. The van der Waals surface area contributed by atoms with Gasteiger partial charge in [0.1, 0.15) is 5.75 Å². The molecule has 0 heterocycles. The minimum atomic E-state index is -1.01. The quantitative estimate of drug-likeness (QED) is 0.124. The van der Waals surface area contributed by atoms with Gasteiger partial charge in [-0.05, 0) is 77.3 Å². The third-order valence-corrected chi connectivity index (χ3v) is 10.0. The predicted molar refractivity (Wildman–Crippen MR) is 181 cm³/mol. The van der Waals surface area contributed by atoms with Gasteiger partial charge in [0.2, 0.25) is 0 Å². The zero-order chi connectivity index (χ0) is 32.5. The Morgan fingerprint density at radius 1 is 0.667 bits per heavy atom. The summed E-state index contributed by atoms with van der Waals surface area (Å²) in [7, 11) is 0. The molecule has 2 aromatic rings. The van der Waals surface area contributed by atoms with Crippen molar-refractivity contribution in [2.24, 2.45) is 0 Å². The number of carbonyl (C=O) groups excluding carboxylic acids is 1. The molecule has 42 heavy (non-hydrogen) atoms. The van der Waals surface area contributed by atoms with Crippen LogP contribution in [-0.4, -0.2) is 21.1 Å². The van der Waals surface area contributed by atoms with Gasteiger partial charge >= 0.3 is 11.9 Å². The van der Waals surface area contributed by atoms with E-state index >= 15 is 0 Å². The van der Waals surface area contributed by atoms with Crippen molar-refractivity contribution in [3.05, 3.63) is 52.6 Å². The van der Waals surface area contributed by atoms with E-state index in [1.807, 2.05) is 23.5 Å². The molecule has 0 radical (unpaired) electrons. The van der Waals surface area contributed by atoms with E-state index in [1.165, 1.54) is 16.0 Å². The van der Waals surface area contributed by atoms with E-state index in [0.29, 0.717) is 5.75 Å². The summed E-state index contributed by atoms with van der Waals surface area (Å²) in [6, 6.07) is 11.4. The monoisotopic (exact) mass is 614 g/mol. The van der Waals surface area contributed by atoms with Crippen LogP contribution < -0.4 is 4.74 Å². The molecular weight excluding hydrogens is 561 g/mol. The fourth-order valence-corrected chi connectivity index (χ4v) is 7.14. The van der Waals surface area contributed by atoms with Crippen LogP contribution in [0.15, 0.2) is 40.1 Å². The topological polar surface area (TPSA) is 63.6 Å². The lowest BCUT2D eigenvalue weighted by Crippen LogP contribution is -2.23. The van der Waals surface area contributed by atoms with Gasteiger partial charge in [-0.2, -0.15) is 0 Å². The summed E-state index contributed by atoms with van der Waals surface area (Å²) in [5.74, 6) is -0.970. The first-order valence-electron chi connectivity index (χ1n) is 15.0. The molecule has 0 fully saturated rings. The molecule has 6 heteroatoms. The van der Waals surface area contributed by atoms with Gasteiger partial charge in [-0.15, -0.1) is 23.5 Å². The van der Waals surface area contributed by atoms with Crippen molar-refractivity contribution in [3.8, 4) is 5.75 Å². The molecule has 0 aliphatic rings. The van der Waals surface area contributed by atoms with Gasteiger partial charge in [-0.25, -0.2) is 0 Å². The maximum Gasteiger partial charge on any atom is 0.311 e. The van der Waals surface area contributed by atoms with E-state index in [0.717, 1.165) is 22.4 Å². The Morgan fingerprint density at radius 3 is 1.52 bits per heavy atom. The number of carboxylic acids is 1. The lowest BCUT2D eigenvalue weighted by molar-refractivity contribution is -0.142. The second kappa shape index (κ2) is 13.0. The number of carbonyl (C=O) groups is 2. The van der Waals surface area contributed by atoms with Crippen LogP contribution in [0.2, 0.25) is 0 Å². The minimum absolute atomic E-state index is 0.0490. The zero-order valence-corrected chi connectivity index (χ0v) is 30.1. The minimum Gasteiger partial charge on any atom is -0.481 e. The number of rotatable bonds is 10. The lowest BCUT2D eigenvalue weighted by Gasteiger charge is -2.32. The summed E-state index contributed by atoms with van der Waals surface area (Å²) in [6.45, 7) is 31.0. The second-order valence-electron chi connectivity index (χ2n) is 15.6. The summed E-state index contributed by atoms with van der Waals surface area (Å²) in [4.78, 5) is 26.2. The Hall–Kier alpha value is -1.92. The number of benzene rings is 2. The Kier molecular flexibility index (Phi) is 11.2. The van der Waals surface area contributed by atoms with Crippen molar-refractivity contribution in [1.29, 1.82) is 0 Å². The average Bonchev–Trinajstić information content (AvgIpc) is 2.80. The van der Waals surface area contributed by atoms with Gasteiger partial charge in [-0.1, -0.05) is 89.2 Å². The van der Waals surface area contributed by atoms with Crippen LogP contribution in [0, 0.1) is 0 Å². The van der Waals surface area contributed by atoms with Gasteiger partial charge in [0.05, 0.1) is 16.9 Å². The van der Waals surface area contributed by atoms with Crippen molar-refractivity contribution in [1.82, 2.24) is 0 Å². The SMILES string of the molecule is CCC(C)(C)c1cc(SC(C)(C)Sc2cc(C(C)(C)C)c(OC(=O)CCC(=O)O)c(C(C)(C)C)c2)cc(C(C)(C)C)c1. The van der Waals surface area contributed by atoms with E-state index in [2.05, 4.69) is 127 Å². The predicted octanol–water partition coefficient (Wildman–Crippen LogP) is 10.7. The van der Waals surface area contributed by atoms with Crippen LogP contribution in [0.25, 0.3) is 0 Å². The molecule has 234 valence electrons. The van der Waals surface area contributed by atoms with Crippen LogP contribution in [0.4, 0.5) is 0 Å². The van der Waals surface area contributed by atoms with E-state index in [9.17, 15) is 9.59 Å². The molecular formula is C36H54O4S2. The lowest BCUT2D eigenvalue weighted by atomic mass is 9.78. The first kappa shape index (κ1) is 36.3. The highest BCUT2D eigenvalue weighted by atomic mass is 32.2. The van der Waals surface area contributed by atoms with E-state index in [-0.39, 0.29) is 38.6 Å². The summed E-state index contributed by atoms with van der Waals surface area (Å²) in [6.07, 6.45) is 0.663. The summed E-state index contributed by atoms with van der Waals surface area (Å²) < 4.78 is 5.76. The van der Waals surface area contributed by atoms with Gasteiger partial charge in [0, 0.05) is 20.9 Å². The largest absolute Gasteiger partial charge is 0.481 e. The summed E-state index contributed by atoms with van der Waals surface area (Å²) >= 11 is 3.70. The Balaban J connectivity index is 2.59. The Bertz CT molecular complexity index is 1250. The molecule has 0 unspecified atom stereocenters. The molecule has 0 spiro atoms. The molecule has 0 aliphatic carbocycles. The fourth-order valence-electron chi connectivity index (χ4n) is 4.53. The Morgan fingerprint density at radius 2 is 1.12 bits per heavy atom. The smallest absolute Gasteiger partial charge is 0.311 e. The molecule has 0 amide bonds. The van der Waals surface area contributed by atoms with Crippen molar-refractivity contribution < 1.29 is 19.4 Å². The number of esters is 1. The molecule has 2 aromatic carbocycles.